The van der Waals surface area contributed by atoms with Crippen LogP contribution in [0.2, 0.25) is 5.02 Å². The van der Waals surface area contributed by atoms with Crippen molar-refractivity contribution < 1.29 is 9.47 Å². The third-order valence-electron chi connectivity index (χ3n) is 3.53. The van der Waals surface area contributed by atoms with Gasteiger partial charge < -0.3 is 9.47 Å². The van der Waals surface area contributed by atoms with Gasteiger partial charge in [-0.05, 0) is 30.5 Å². The van der Waals surface area contributed by atoms with E-state index in [1.165, 1.54) is 0 Å². The fourth-order valence-corrected chi connectivity index (χ4v) is 3.21. The fourth-order valence-electron chi connectivity index (χ4n) is 2.52. The summed E-state index contributed by atoms with van der Waals surface area (Å²) in [5.41, 5.74) is 1.04. The predicted molar refractivity (Wildman–Crippen MR) is 74.7 cm³/mol. The average molecular weight is 289 g/mol. The van der Waals surface area contributed by atoms with Crippen LogP contribution in [0.15, 0.2) is 18.2 Å². The molecule has 0 aromatic heterocycles. The summed E-state index contributed by atoms with van der Waals surface area (Å²) in [6.07, 6.45) is 2.27. The highest BCUT2D eigenvalue weighted by molar-refractivity contribution is 6.32. The first kappa shape index (κ1) is 14.0. The number of hydrogen-bond donors (Lipinski definition) is 0. The molecule has 1 heterocycles. The molecule has 0 bridgehead atoms. The number of ether oxygens (including phenoxy) is 2. The number of alkyl halides is 1. The van der Waals surface area contributed by atoms with Crippen molar-refractivity contribution in [1.29, 1.82) is 0 Å². The number of hydrogen-bond acceptors (Lipinski definition) is 2. The maximum absolute atomic E-state index is 6.57. The van der Waals surface area contributed by atoms with Crippen LogP contribution in [0.5, 0.6) is 5.75 Å². The second kappa shape index (κ2) is 6.14. The molecule has 1 aliphatic rings. The highest BCUT2D eigenvalue weighted by Crippen LogP contribution is 2.40. The predicted octanol–water partition coefficient (Wildman–Crippen LogP) is 4.44. The Bertz CT molecular complexity index is 409. The van der Waals surface area contributed by atoms with Crippen LogP contribution in [0.1, 0.15) is 30.7 Å². The van der Waals surface area contributed by atoms with Gasteiger partial charge in [0.25, 0.3) is 0 Å². The van der Waals surface area contributed by atoms with Crippen molar-refractivity contribution in [2.24, 2.45) is 5.92 Å². The molecule has 1 aromatic carbocycles. The van der Waals surface area contributed by atoms with Gasteiger partial charge in [-0.15, -0.1) is 11.6 Å². The Balaban J connectivity index is 2.18. The minimum Gasteiger partial charge on any atom is -0.495 e. The molecule has 0 spiro atoms. The summed E-state index contributed by atoms with van der Waals surface area (Å²) in [5.74, 6) is 1.04. The van der Waals surface area contributed by atoms with Crippen LogP contribution in [-0.4, -0.2) is 19.8 Å². The van der Waals surface area contributed by atoms with Gasteiger partial charge in [0.05, 0.1) is 23.6 Å². The van der Waals surface area contributed by atoms with E-state index in [-0.39, 0.29) is 11.5 Å². The third kappa shape index (κ3) is 2.76. The van der Waals surface area contributed by atoms with Crippen molar-refractivity contribution in [2.75, 3.05) is 13.7 Å². The van der Waals surface area contributed by atoms with Crippen molar-refractivity contribution in [1.82, 2.24) is 0 Å². The average Bonchev–Trinajstić information content (AvgIpc) is 2.86. The maximum Gasteiger partial charge on any atom is 0.137 e. The molecule has 3 unspecified atom stereocenters. The minimum atomic E-state index is -0.0548. The second-order valence-corrected chi connectivity index (χ2v) is 5.44. The third-order valence-corrected chi connectivity index (χ3v) is 4.40. The van der Waals surface area contributed by atoms with Crippen molar-refractivity contribution in [2.45, 2.75) is 31.2 Å². The fraction of sp³-hybridized carbons (Fsp3) is 0.571. The Kier molecular flexibility index (Phi) is 4.77. The molecule has 2 rings (SSSR count). The van der Waals surface area contributed by atoms with E-state index in [4.69, 9.17) is 32.7 Å². The monoisotopic (exact) mass is 288 g/mol. The minimum absolute atomic E-state index is 0.0548. The standard InChI is InChI=1S/C14H18Cl2O2/c1-3-12-10(6-7-18-12)14(16)9-4-5-13(17-2)11(15)8-9/h4-5,8,10,12,14H,3,6-7H2,1-2H3. The van der Waals surface area contributed by atoms with E-state index in [0.717, 1.165) is 25.0 Å². The van der Waals surface area contributed by atoms with Crippen LogP contribution in [0, 0.1) is 5.92 Å². The van der Waals surface area contributed by atoms with E-state index >= 15 is 0 Å². The summed E-state index contributed by atoms with van der Waals surface area (Å²) < 4.78 is 10.8. The van der Waals surface area contributed by atoms with Gasteiger partial charge in [0.15, 0.2) is 0 Å². The van der Waals surface area contributed by atoms with Gasteiger partial charge in [0.1, 0.15) is 5.75 Å². The lowest BCUT2D eigenvalue weighted by Gasteiger charge is -2.22. The summed E-state index contributed by atoms with van der Waals surface area (Å²) in [5, 5.41) is 0.550. The summed E-state index contributed by atoms with van der Waals surface area (Å²) in [6.45, 7) is 2.93. The van der Waals surface area contributed by atoms with E-state index < -0.39 is 0 Å². The van der Waals surface area contributed by atoms with Crippen LogP contribution in [0.25, 0.3) is 0 Å². The number of benzene rings is 1. The topological polar surface area (TPSA) is 18.5 Å². The van der Waals surface area contributed by atoms with Crippen LogP contribution < -0.4 is 4.74 Å². The smallest absolute Gasteiger partial charge is 0.137 e. The first-order valence-corrected chi connectivity index (χ1v) is 7.08. The van der Waals surface area contributed by atoms with Crippen molar-refractivity contribution >= 4 is 23.2 Å². The molecule has 3 atom stereocenters. The lowest BCUT2D eigenvalue weighted by molar-refractivity contribution is 0.0864. The first-order chi connectivity index (χ1) is 8.67. The van der Waals surface area contributed by atoms with Crippen LogP contribution >= 0.6 is 23.2 Å². The Hall–Kier alpha value is -0.440. The van der Waals surface area contributed by atoms with Crippen LogP contribution in [-0.2, 0) is 4.74 Å². The molecule has 1 saturated heterocycles. The molecule has 1 aromatic rings. The molecule has 1 fully saturated rings. The summed E-state index contributed by atoms with van der Waals surface area (Å²) in [7, 11) is 1.61. The Morgan fingerprint density at radius 3 is 2.89 bits per heavy atom. The Morgan fingerprint density at radius 1 is 1.50 bits per heavy atom. The number of rotatable bonds is 4. The SMILES string of the molecule is CCC1OCCC1C(Cl)c1ccc(OC)c(Cl)c1. The maximum atomic E-state index is 6.57. The number of halogens is 2. The molecular formula is C14H18Cl2O2. The zero-order chi connectivity index (χ0) is 13.1. The van der Waals surface area contributed by atoms with Gasteiger partial charge in [-0.3, -0.25) is 0 Å². The molecule has 0 radical (unpaired) electrons. The zero-order valence-corrected chi connectivity index (χ0v) is 12.2. The van der Waals surface area contributed by atoms with Crippen molar-refractivity contribution in [3.05, 3.63) is 28.8 Å². The van der Waals surface area contributed by atoms with Gasteiger partial charge in [-0.1, -0.05) is 24.6 Å². The van der Waals surface area contributed by atoms with Crippen molar-refractivity contribution in [3.63, 3.8) is 0 Å². The molecule has 0 saturated carbocycles. The molecule has 1 aliphatic heterocycles. The van der Waals surface area contributed by atoms with E-state index in [2.05, 4.69) is 6.92 Å². The zero-order valence-electron chi connectivity index (χ0n) is 10.7. The normalized spacial score (nSPS) is 25.1. The first-order valence-electron chi connectivity index (χ1n) is 6.26. The molecule has 2 nitrogen and oxygen atoms in total. The van der Waals surface area contributed by atoms with Crippen LogP contribution in [0.4, 0.5) is 0 Å². The lowest BCUT2D eigenvalue weighted by Crippen LogP contribution is -2.19. The molecule has 0 amide bonds. The van der Waals surface area contributed by atoms with Gasteiger partial charge in [0, 0.05) is 12.5 Å². The number of methoxy groups -OCH3 is 1. The quantitative estimate of drug-likeness (QED) is 0.763. The second-order valence-electron chi connectivity index (χ2n) is 4.57. The Labute approximate surface area is 118 Å². The molecule has 18 heavy (non-hydrogen) atoms. The molecule has 0 aliphatic carbocycles. The molecule has 0 N–H and O–H groups in total. The van der Waals surface area contributed by atoms with Crippen molar-refractivity contribution in [3.8, 4) is 5.75 Å². The molecule has 4 heteroatoms. The van der Waals surface area contributed by atoms with E-state index in [1.807, 2.05) is 18.2 Å². The largest absolute Gasteiger partial charge is 0.495 e. The van der Waals surface area contributed by atoms with E-state index in [1.54, 1.807) is 7.11 Å². The molecular weight excluding hydrogens is 271 g/mol. The summed E-state index contributed by atoms with van der Waals surface area (Å²) in [4.78, 5) is 0. The lowest BCUT2D eigenvalue weighted by atomic mass is 9.91. The highest BCUT2D eigenvalue weighted by atomic mass is 35.5. The van der Waals surface area contributed by atoms with Crippen LogP contribution in [0.3, 0.4) is 0 Å². The summed E-state index contributed by atoms with van der Waals surface area (Å²) >= 11 is 12.7. The van der Waals surface area contributed by atoms with Gasteiger partial charge in [-0.2, -0.15) is 0 Å². The van der Waals surface area contributed by atoms with E-state index in [0.29, 0.717) is 16.7 Å². The highest BCUT2D eigenvalue weighted by Gasteiger charge is 2.33. The van der Waals surface area contributed by atoms with Gasteiger partial charge in [-0.25, -0.2) is 0 Å². The molecule has 100 valence electrons. The van der Waals surface area contributed by atoms with Gasteiger partial charge >= 0.3 is 0 Å². The van der Waals surface area contributed by atoms with Gasteiger partial charge in [0.2, 0.25) is 0 Å². The summed E-state index contributed by atoms with van der Waals surface area (Å²) in [6, 6.07) is 5.74. The van der Waals surface area contributed by atoms with E-state index in [9.17, 15) is 0 Å². The Morgan fingerprint density at radius 2 is 2.28 bits per heavy atom.